The zero-order valence-electron chi connectivity index (χ0n) is 8.18. The number of sulfone groups is 1. The van der Waals surface area contributed by atoms with Crippen molar-refractivity contribution < 1.29 is 8.42 Å². The Morgan fingerprint density at radius 1 is 1.64 bits per heavy atom. The van der Waals surface area contributed by atoms with Gasteiger partial charge in [0.05, 0.1) is 0 Å². The van der Waals surface area contributed by atoms with E-state index in [9.17, 15) is 8.42 Å². The topological polar surface area (TPSA) is 52.0 Å². The van der Waals surface area contributed by atoms with Crippen LogP contribution >= 0.6 is 0 Å². The molecule has 0 fully saturated rings. The van der Waals surface area contributed by atoms with Crippen LogP contribution in [0.2, 0.25) is 0 Å². The number of unbranched alkanes of at least 4 members (excludes halogenated alkanes) is 1. The molecule has 1 rings (SSSR count). The Bertz CT molecular complexity index is 406. The van der Waals surface area contributed by atoms with Crippen molar-refractivity contribution in [3.63, 3.8) is 0 Å². The highest BCUT2D eigenvalue weighted by Gasteiger charge is 2.13. The van der Waals surface area contributed by atoms with Crippen LogP contribution in [-0.4, -0.2) is 24.2 Å². The summed E-state index contributed by atoms with van der Waals surface area (Å²) in [5.74, 6) is 0. The standard InChI is InChI=1S/C9H14N2O2S/c1-3-4-5-7-11-8-6-10-9(11)14(2,12)13/h3,6,8H,1,4-5,7H2,2H3. The lowest BCUT2D eigenvalue weighted by Crippen LogP contribution is -2.08. The van der Waals surface area contributed by atoms with Crippen molar-refractivity contribution >= 4 is 9.84 Å². The second kappa shape index (κ2) is 4.41. The Morgan fingerprint density at radius 3 is 2.93 bits per heavy atom. The first-order valence-corrected chi connectivity index (χ1v) is 6.27. The van der Waals surface area contributed by atoms with Gasteiger partial charge in [-0.15, -0.1) is 6.58 Å². The summed E-state index contributed by atoms with van der Waals surface area (Å²) in [7, 11) is -3.20. The zero-order valence-corrected chi connectivity index (χ0v) is 9.00. The molecule has 0 spiro atoms. The lowest BCUT2D eigenvalue weighted by Gasteiger charge is -2.04. The van der Waals surface area contributed by atoms with Crippen LogP contribution in [0, 0.1) is 0 Å². The third-order valence-corrected chi connectivity index (χ3v) is 2.82. The molecule has 0 aliphatic carbocycles. The van der Waals surface area contributed by atoms with Crippen LogP contribution < -0.4 is 0 Å². The molecule has 1 aromatic heterocycles. The molecule has 0 saturated carbocycles. The molecule has 0 saturated heterocycles. The van der Waals surface area contributed by atoms with Gasteiger partial charge in [0.15, 0.2) is 0 Å². The van der Waals surface area contributed by atoms with Crippen LogP contribution in [0.5, 0.6) is 0 Å². The molecule has 0 N–H and O–H groups in total. The van der Waals surface area contributed by atoms with E-state index < -0.39 is 9.84 Å². The quantitative estimate of drug-likeness (QED) is 0.547. The Kier molecular flexibility index (Phi) is 3.46. The predicted octanol–water partition coefficient (Wildman–Crippen LogP) is 1.25. The van der Waals surface area contributed by atoms with Gasteiger partial charge in [-0.05, 0) is 12.8 Å². The summed E-state index contributed by atoms with van der Waals surface area (Å²) in [4.78, 5) is 3.82. The molecule has 4 nitrogen and oxygen atoms in total. The van der Waals surface area contributed by atoms with Gasteiger partial charge >= 0.3 is 0 Å². The molecule has 5 heteroatoms. The number of allylic oxidation sites excluding steroid dienone is 1. The van der Waals surface area contributed by atoms with Crippen molar-refractivity contribution in [1.29, 1.82) is 0 Å². The lowest BCUT2D eigenvalue weighted by molar-refractivity contribution is 0.554. The van der Waals surface area contributed by atoms with Crippen molar-refractivity contribution in [2.24, 2.45) is 0 Å². The van der Waals surface area contributed by atoms with E-state index in [4.69, 9.17) is 0 Å². The van der Waals surface area contributed by atoms with Crippen molar-refractivity contribution in [3.05, 3.63) is 25.0 Å². The van der Waals surface area contributed by atoms with Gasteiger partial charge in [0, 0.05) is 25.2 Å². The van der Waals surface area contributed by atoms with Crippen molar-refractivity contribution in [1.82, 2.24) is 9.55 Å². The number of nitrogens with zero attached hydrogens (tertiary/aromatic N) is 2. The predicted molar refractivity (Wildman–Crippen MR) is 54.8 cm³/mol. The summed E-state index contributed by atoms with van der Waals surface area (Å²) >= 11 is 0. The van der Waals surface area contributed by atoms with E-state index in [0.29, 0.717) is 6.54 Å². The van der Waals surface area contributed by atoms with Gasteiger partial charge < -0.3 is 4.57 Å². The molecule has 0 aliphatic heterocycles. The van der Waals surface area contributed by atoms with Crippen LogP contribution in [0.3, 0.4) is 0 Å². The number of aryl methyl sites for hydroxylation is 1. The normalized spacial score (nSPS) is 11.5. The Balaban J connectivity index is 2.78. The average Bonchev–Trinajstić information content (AvgIpc) is 2.52. The van der Waals surface area contributed by atoms with Crippen molar-refractivity contribution in [3.8, 4) is 0 Å². The average molecular weight is 214 g/mol. The van der Waals surface area contributed by atoms with E-state index in [1.54, 1.807) is 10.8 Å². The van der Waals surface area contributed by atoms with Crippen molar-refractivity contribution in [2.75, 3.05) is 6.26 Å². The Labute approximate surface area is 84.2 Å². The minimum atomic E-state index is -3.20. The summed E-state index contributed by atoms with van der Waals surface area (Å²) in [5, 5.41) is 0.140. The monoisotopic (exact) mass is 214 g/mol. The van der Waals surface area contributed by atoms with E-state index in [0.717, 1.165) is 12.8 Å². The summed E-state index contributed by atoms with van der Waals surface area (Å²) in [6.07, 6.45) is 7.92. The van der Waals surface area contributed by atoms with Crippen molar-refractivity contribution in [2.45, 2.75) is 24.5 Å². The molecular weight excluding hydrogens is 200 g/mol. The molecule has 0 aliphatic rings. The van der Waals surface area contributed by atoms with E-state index in [2.05, 4.69) is 11.6 Å². The summed E-state index contributed by atoms with van der Waals surface area (Å²) in [6.45, 7) is 4.27. The molecule has 0 radical (unpaired) electrons. The van der Waals surface area contributed by atoms with Crippen LogP contribution in [0.4, 0.5) is 0 Å². The fraction of sp³-hybridized carbons (Fsp3) is 0.444. The highest BCUT2D eigenvalue weighted by Crippen LogP contribution is 2.07. The molecule has 0 unspecified atom stereocenters. The van der Waals surface area contributed by atoms with Crippen LogP contribution in [-0.2, 0) is 16.4 Å². The van der Waals surface area contributed by atoms with Gasteiger partial charge in [-0.3, -0.25) is 0 Å². The Morgan fingerprint density at radius 2 is 2.36 bits per heavy atom. The van der Waals surface area contributed by atoms with E-state index in [-0.39, 0.29) is 5.16 Å². The number of hydrogen-bond acceptors (Lipinski definition) is 3. The maximum Gasteiger partial charge on any atom is 0.227 e. The van der Waals surface area contributed by atoms with E-state index in [1.165, 1.54) is 12.5 Å². The first-order chi connectivity index (χ1) is 6.55. The summed E-state index contributed by atoms with van der Waals surface area (Å²) in [6, 6.07) is 0. The van der Waals surface area contributed by atoms with Gasteiger partial charge in [0.25, 0.3) is 0 Å². The van der Waals surface area contributed by atoms with Crippen LogP contribution in [0.1, 0.15) is 12.8 Å². The highest BCUT2D eigenvalue weighted by molar-refractivity contribution is 7.90. The summed E-state index contributed by atoms with van der Waals surface area (Å²) < 4.78 is 24.1. The minimum absolute atomic E-state index is 0.140. The number of imidazole rings is 1. The maximum atomic E-state index is 11.2. The SMILES string of the molecule is C=CCCCn1ccnc1S(C)(=O)=O. The van der Waals surface area contributed by atoms with Gasteiger partial charge in [0.1, 0.15) is 0 Å². The molecule has 1 heterocycles. The fourth-order valence-electron chi connectivity index (χ4n) is 1.20. The summed E-state index contributed by atoms with van der Waals surface area (Å²) in [5.41, 5.74) is 0. The molecule has 14 heavy (non-hydrogen) atoms. The van der Waals surface area contributed by atoms with Crippen LogP contribution in [0.25, 0.3) is 0 Å². The number of aromatic nitrogens is 2. The molecule has 1 aromatic rings. The van der Waals surface area contributed by atoms with Gasteiger partial charge in [-0.1, -0.05) is 6.08 Å². The Hall–Kier alpha value is -1.10. The van der Waals surface area contributed by atoms with Gasteiger partial charge in [0.2, 0.25) is 15.0 Å². The second-order valence-corrected chi connectivity index (χ2v) is 5.02. The molecule has 78 valence electrons. The van der Waals surface area contributed by atoms with Gasteiger partial charge in [-0.25, -0.2) is 13.4 Å². The second-order valence-electron chi connectivity index (χ2n) is 3.11. The van der Waals surface area contributed by atoms with Gasteiger partial charge in [-0.2, -0.15) is 0 Å². The lowest BCUT2D eigenvalue weighted by atomic mass is 10.3. The first-order valence-electron chi connectivity index (χ1n) is 4.38. The maximum absolute atomic E-state index is 11.2. The number of hydrogen-bond donors (Lipinski definition) is 0. The fourth-order valence-corrected chi connectivity index (χ4v) is 2.03. The molecule has 0 aromatic carbocycles. The zero-order chi connectivity index (χ0) is 10.6. The van der Waals surface area contributed by atoms with E-state index in [1.807, 2.05) is 6.08 Å². The smallest absolute Gasteiger partial charge is 0.227 e. The number of rotatable bonds is 5. The molecule has 0 atom stereocenters. The largest absolute Gasteiger partial charge is 0.322 e. The molecular formula is C9H14N2O2S. The molecule has 0 amide bonds. The van der Waals surface area contributed by atoms with E-state index >= 15 is 0 Å². The minimum Gasteiger partial charge on any atom is -0.322 e. The van der Waals surface area contributed by atoms with Crippen LogP contribution in [0.15, 0.2) is 30.2 Å². The highest BCUT2D eigenvalue weighted by atomic mass is 32.2. The third-order valence-electron chi connectivity index (χ3n) is 1.82. The third kappa shape index (κ3) is 2.70. The molecule has 0 bridgehead atoms. The first kappa shape index (κ1) is 11.0.